The SMILES string of the molecule is COc1ccc(F)cc1C[S@](=O)[C@@H](C)C(=O)NC1CCCC1. The number of ether oxygens (including phenoxy) is 1. The van der Waals surface area contributed by atoms with Crippen LogP contribution in [0.4, 0.5) is 4.39 Å². The second-order valence-electron chi connectivity index (χ2n) is 5.61. The standard InChI is InChI=1S/C16H22FNO3S/c1-11(16(19)18-14-5-3-4-6-14)22(20)10-12-9-13(17)7-8-15(12)21-2/h7-9,11,14H,3-6,10H2,1-2H3,(H,18,19)/t11-,22-/m0/s1. The van der Waals surface area contributed by atoms with Crippen molar-refractivity contribution >= 4 is 16.7 Å². The van der Waals surface area contributed by atoms with Gasteiger partial charge in [-0.25, -0.2) is 4.39 Å². The van der Waals surface area contributed by atoms with Crippen molar-refractivity contribution in [2.75, 3.05) is 7.11 Å². The first kappa shape index (κ1) is 16.9. The molecule has 0 saturated heterocycles. The highest BCUT2D eigenvalue weighted by Crippen LogP contribution is 2.22. The second kappa shape index (κ2) is 7.72. The highest BCUT2D eigenvalue weighted by molar-refractivity contribution is 7.85. The Kier molecular flexibility index (Phi) is 5.94. The summed E-state index contributed by atoms with van der Waals surface area (Å²) in [4.78, 5) is 12.1. The molecule has 0 unspecified atom stereocenters. The second-order valence-corrected chi connectivity index (χ2v) is 7.37. The van der Waals surface area contributed by atoms with Crippen LogP contribution in [0.1, 0.15) is 38.2 Å². The van der Waals surface area contributed by atoms with E-state index in [1.54, 1.807) is 6.92 Å². The van der Waals surface area contributed by atoms with E-state index in [1.807, 2.05) is 0 Å². The molecule has 1 N–H and O–H groups in total. The predicted molar refractivity (Wildman–Crippen MR) is 84.7 cm³/mol. The zero-order valence-electron chi connectivity index (χ0n) is 12.9. The smallest absolute Gasteiger partial charge is 0.235 e. The average molecular weight is 327 g/mol. The van der Waals surface area contributed by atoms with Gasteiger partial charge < -0.3 is 10.1 Å². The molecule has 0 aliphatic heterocycles. The number of carbonyl (C=O) groups excluding carboxylic acids is 1. The van der Waals surface area contributed by atoms with E-state index >= 15 is 0 Å². The van der Waals surface area contributed by atoms with Gasteiger partial charge in [0.1, 0.15) is 16.8 Å². The lowest BCUT2D eigenvalue weighted by molar-refractivity contribution is -0.121. The summed E-state index contributed by atoms with van der Waals surface area (Å²) in [7, 11) is 0.0573. The van der Waals surface area contributed by atoms with Crippen LogP contribution in [-0.2, 0) is 21.3 Å². The number of hydrogen-bond acceptors (Lipinski definition) is 3. The first-order chi connectivity index (χ1) is 10.5. The Morgan fingerprint density at radius 2 is 2.14 bits per heavy atom. The van der Waals surface area contributed by atoms with Gasteiger partial charge in [-0.1, -0.05) is 12.8 Å². The van der Waals surface area contributed by atoms with Gasteiger partial charge in [-0.2, -0.15) is 0 Å². The third-order valence-corrected chi connectivity index (χ3v) is 5.60. The van der Waals surface area contributed by atoms with Crippen LogP contribution in [-0.4, -0.2) is 28.5 Å². The van der Waals surface area contributed by atoms with Crippen LogP contribution < -0.4 is 10.1 Å². The minimum Gasteiger partial charge on any atom is -0.496 e. The number of halogens is 1. The van der Waals surface area contributed by atoms with Crippen molar-refractivity contribution in [3.8, 4) is 5.75 Å². The minimum absolute atomic E-state index is 0.0974. The molecular formula is C16H22FNO3S. The normalized spacial score (nSPS) is 18.0. The third kappa shape index (κ3) is 4.29. The Balaban J connectivity index is 1.98. The Labute approximate surface area is 132 Å². The van der Waals surface area contributed by atoms with Crippen LogP contribution in [0, 0.1) is 5.82 Å². The van der Waals surface area contributed by atoms with Crippen molar-refractivity contribution < 1.29 is 18.1 Å². The summed E-state index contributed by atoms with van der Waals surface area (Å²) in [6.07, 6.45) is 4.23. The van der Waals surface area contributed by atoms with Gasteiger partial charge in [-0.05, 0) is 38.0 Å². The molecule has 22 heavy (non-hydrogen) atoms. The monoisotopic (exact) mass is 327 g/mol. The number of amides is 1. The topological polar surface area (TPSA) is 55.4 Å². The van der Waals surface area contributed by atoms with E-state index in [2.05, 4.69) is 5.32 Å². The number of rotatable bonds is 6. The number of benzene rings is 1. The molecule has 0 heterocycles. The molecule has 1 aliphatic rings. The van der Waals surface area contributed by atoms with Gasteiger partial charge in [-0.3, -0.25) is 9.00 Å². The lowest BCUT2D eigenvalue weighted by Crippen LogP contribution is -2.40. The van der Waals surface area contributed by atoms with Gasteiger partial charge in [-0.15, -0.1) is 0 Å². The van der Waals surface area contributed by atoms with Gasteiger partial charge in [0.05, 0.1) is 12.9 Å². The molecule has 1 fully saturated rings. The molecule has 2 rings (SSSR count). The minimum atomic E-state index is -1.42. The summed E-state index contributed by atoms with van der Waals surface area (Å²) < 4.78 is 30.9. The van der Waals surface area contributed by atoms with Gasteiger partial charge in [0.25, 0.3) is 0 Å². The zero-order valence-corrected chi connectivity index (χ0v) is 13.7. The zero-order chi connectivity index (χ0) is 16.1. The van der Waals surface area contributed by atoms with Crippen molar-refractivity contribution in [3.05, 3.63) is 29.6 Å². The largest absolute Gasteiger partial charge is 0.496 e. The molecule has 122 valence electrons. The fourth-order valence-electron chi connectivity index (χ4n) is 2.65. The average Bonchev–Trinajstić information content (AvgIpc) is 2.99. The molecule has 1 aromatic rings. The molecule has 1 aliphatic carbocycles. The van der Waals surface area contributed by atoms with Crippen molar-refractivity contribution in [1.82, 2.24) is 5.32 Å². The van der Waals surface area contributed by atoms with E-state index in [1.165, 1.54) is 25.3 Å². The molecular weight excluding hydrogens is 305 g/mol. The van der Waals surface area contributed by atoms with Crippen LogP contribution in [0.25, 0.3) is 0 Å². The summed E-state index contributed by atoms with van der Waals surface area (Å²) in [5, 5.41) is 2.32. The van der Waals surface area contributed by atoms with Crippen molar-refractivity contribution in [1.29, 1.82) is 0 Å². The van der Waals surface area contributed by atoms with Crippen molar-refractivity contribution in [2.45, 2.75) is 49.7 Å². The fraction of sp³-hybridized carbons (Fsp3) is 0.562. The number of hydrogen-bond donors (Lipinski definition) is 1. The highest BCUT2D eigenvalue weighted by Gasteiger charge is 2.25. The summed E-state index contributed by atoms with van der Waals surface area (Å²) in [5.74, 6) is -0.0187. The van der Waals surface area contributed by atoms with E-state index in [9.17, 15) is 13.4 Å². The first-order valence-electron chi connectivity index (χ1n) is 7.51. The summed E-state index contributed by atoms with van der Waals surface area (Å²) in [6, 6.07) is 4.31. The first-order valence-corrected chi connectivity index (χ1v) is 8.89. The molecule has 0 radical (unpaired) electrons. The molecule has 6 heteroatoms. The molecule has 2 atom stereocenters. The Bertz CT molecular complexity index is 558. The van der Waals surface area contributed by atoms with E-state index in [0.29, 0.717) is 11.3 Å². The van der Waals surface area contributed by atoms with Crippen LogP contribution in [0.15, 0.2) is 18.2 Å². The van der Waals surface area contributed by atoms with Gasteiger partial charge in [0.2, 0.25) is 5.91 Å². The molecule has 0 aromatic heterocycles. The van der Waals surface area contributed by atoms with Gasteiger partial charge in [0, 0.05) is 22.4 Å². The van der Waals surface area contributed by atoms with Crippen LogP contribution in [0.2, 0.25) is 0 Å². The summed E-state index contributed by atoms with van der Waals surface area (Å²) in [6.45, 7) is 1.65. The summed E-state index contributed by atoms with van der Waals surface area (Å²) >= 11 is 0. The van der Waals surface area contributed by atoms with Crippen LogP contribution in [0.5, 0.6) is 5.75 Å². The van der Waals surface area contributed by atoms with Crippen molar-refractivity contribution in [2.24, 2.45) is 0 Å². The molecule has 1 amide bonds. The van der Waals surface area contributed by atoms with Crippen LogP contribution in [0.3, 0.4) is 0 Å². The molecule has 1 aromatic carbocycles. The molecule has 0 spiro atoms. The molecule has 0 bridgehead atoms. The maximum absolute atomic E-state index is 13.3. The lowest BCUT2D eigenvalue weighted by atomic mass is 10.2. The van der Waals surface area contributed by atoms with E-state index in [0.717, 1.165) is 25.7 Å². The number of carbonyl (C=O) groups is 1. The Morgan fingerprint density at radius 1 is 1.45 bits per heavy atom. The van der Waals surface area contributed by atoms with Gasteiger partial charge >= 0.3 is 0 Å². The fourth-order valence-corrected chi connectivity index (χ4v) is 3.74. The van der Waals surface area contributed by atoms with Gasteiger partial charge in [0.15, 0.2) is 0 Å². The Hall–Kier alpha value is -1.43. The van der Waals surface area contributed by atoms with E-state index in [-0.39, 0.29) is 17.7 Å². The Morgan fingerprint density at radius 3 is 2.77 bits per heavy atom. The maximum Gasteiger partial charge on any atom is 0.235 e. The predicted octanol–water partition coefficient (Wildman–Crippen LogP) is 2.53. The molecule has 4 nitrogen and oxygen atoms in total. The highest BCUT2D eigenvalue weighted by atomic mass is 32.2. The quantitative estimate of drug-likeness (QED) is 0.873. The van der Waals surface area contributed by atoms with E-state index in [4.69, 9.17) is 4.74 Å². The van der Waals surface area contributed by atoms with Crippen LogP contribution >= 0.6 is 0 Å². The van der Waals surface area contributed by atoms with Crippen molar-refractivity contribution in [3.63, 3.8) is 0 Å². The maximum atomic E-state index is 13.3. The molecule has 1 saturated carbocycles. The third-order valence-electron chi connectivity index (χ3n) is 4.01. The number of nitrogens with one attached hydrogen (secondary N) is 1. The number of methoxy groups -OCH3 is 1. The lowest BCUT2D eigenvalue weighted by Gasteiger charge is -2.17. The summed E-state index contributed by atoms with van der Waals surface area (Å²) in [5.41, 5.74) is 0.515. The van der Waals surface area contributed by atoms with E-state index < -0.39 is 21.9 Å².